The van der Waals surface area contributed by atoms with Crippen LogP contribution >= 0.6 is 0 Å². The highest BCUT2D eigenvalue weighted by Crippen LogP contribution is 2.10. The molecule has 4 N–H and O–H groups in total. The lowest BCUT2D eigenvalue weighted by Crippen LogP contribution is -2.34. The summed E-state index contributed by atoms with van der Waals surface area (Å²) in [4.78, 5) is 0. The Bertz CT molecular complexity index is 121. The maximum atomic E-state index is 5.43. The molecule has 0 aromatic rings. The summed E-state index contributed by atoms with van der Waals surface area (Å²) in [6, 6.07) is 1.38. The highest BCUT2D eigenvalue weighted by atomic mass is 15.0. The quantitative estimate of drug-likeness (QED) is 0.527. The average Bonchev–Trinajstić information content (AvgIpc) is 2.57. The van der Waals surface area contributed by atoms with E-state index in [9.17, 15) is 0 Å². The molecule has 0 aliphatic carbocycles. The van der Waals surface area contributed by atoms with Gasteiger partial charge in [0.2, 0.25) is 0 Å². The minimum atomic E-state index is 0.627. The van der Waals surface area contributed by atoms with E-state index in [1.54, 1.807) is 0 Å². The molecule has 1 heterocycles. The molecule has 1 fully saturated rings. The highest BCUT2D eigenvalue weighted by molar-refractivity contribution is 4.78. The summed E-state index contributed by atoms with van der Waals surface area (Å²) in [7, 11) is 0. The van der Waals surface area contributed by atoms with Crippen molar-refractivity contribution in [1.29, 1.82) is 0 Å². The molecule has 3 heteroatoms. The number of hydrogen-bond donors (Lipinski definition) is 3. The van der Waals surface area contributed by atoms with Crippen molar-refractivity contribution in [2.75, 3.05) is 19.6 Å². The van der Waals surface area contributed by atoms with Crippen molar-refractivity contribution in [2.24, 2.45) is 5.73 Å². The van der Waals surface area contributed by atoms with E-state index in [0.717, 1.165) is 25.6 Å². The van der Waals surface area contributed by atoms with Gasteiger partial charge in [0.1, 0.15) is 0 Å². The second-order valence-corrected chi connectivity index (χ2v) is 4.03. The van der Waals surface area contributed by atoms with Gasteiger partial charge >= 0.3 is 0 Å². The van der Waals surface area contributed by atoms with Crippen LogP contribution in [0.15, 0.2) is 0 Å². The van der Waals surface area contributed by atoms with E-state index < -0.39 is 0 Å². The minimum absolute atomic E-state index is 0.627. The normalized spacial score (nSPS) is 24.9. The Morgan fingerprint density at radius 2 is 2.46 bits per heavy atom. The molecule has 1 saturated heterocycles. The maximum Gasteiger partial charge on any atom is 0.00822 e. The van der Waals surface area contributed by atoms with Gasteiger partial charge < -0.3 is 16.4 Å². The molecule has 0 aromatic carbocycles. The van der Waals surface area contributed by atoms with Crippen LogP contribution in [0.25, 0.3) is 0 Å². The molecule has 2 unspecified atom stereocenters. The Hall–Kier alpha value is -0.120. The van der Waals surface area contributed by atoms with E-state index in [0.29, 0.717) is 6.04 Å². The van der Waals surface area contributed by atoms with Crippen LogP contribution in [0.5, 0.6) is 0 Å². The zero-order valence-electron chi connectivity index (χ0n) is 8.68. The predicted molar refractivity (Wildman–Crippen MR) is 56.8 cm³/mol. The van der Waals surface area contributed by atoms with Crippen molar-refractivity contribution in [3.8, 4) is 0 Å². The number of rotatable bonds is 6. The van der Waals surface area contributed by atoms with Crippen molar-refractivity contribution in [3.05, 3.63) is 0 Å². The fourth-order valence-corrected chi connectivity index (χ4v) is 1.92. The van der Waals surface area contributed by atoms with Gasteiger partial charge in [0.25, 0.3) is 0 Å². The Morgan fingerprint density at radius 1 is 1.62 bits per heavy atom. The SMILES string of the molecule is CC(CC1CCCN1)NCCCN. The lowest BCUT2D eigenvalue weighted by molar-refractivity contribution is 0.439. The Kier molecular flexibility index (Phi) is 5.35. The van der Waals surface area contributed by atoms with E-state index in [2.05, 4.69) is 17.6 Å². The van der Waals surface area contributed by atoms with Gasteiger partial charge in [0, 0.05) is 12.1 Å². The standard InChI is InChI=1S/C10H23N3/c1-9(12-7-3-5-11)8-10-4-2-6-13-10/h9-10,12-13H,2-8,11H2,1H3. The summed E-state index contributed by atoms with van der Waals surface area (Å²) in [5, 5.41) is 7.00. The summed E-state index contributed by atoms with van der Waals surface area (Å²) in [5.74, 6) is 0. The first kappa shape index (κ1) is 11.0. The van der Waals surface area contributed by atoms with Crippen LogP contribution in [0, 0.1) is 0 Å². The second-order valence-electron chi connectivity index (χ2n) is 4.03. The van der Waals surface area contributed by atoms with Crippen LogP contribution in [0.2, 0.25) is 0 Å². The van der Waals surface area contributed by atoms with Crippen LogP contribution in [-0.4, -0.2) is 31.7 Å². The largest absolute Gasteiger partial charge is 0.330 e. The average molecular weight is 185 g/mol. The summed E-state index contributed by atoms with van der Waals surface area (Å²) in [6.07, 6.45) is 5.04. The van der Waals surface area contributed by atoms with Crippen molar-refractivity contribution in [3.63, 3.8) is 0 Å². The van der Waals surface area contributed by atoms with Gasteiger partial charge in [-0.15, -0.1) is 0 Å². The molecular formula is C10H23N3. The van der Waals surface area contributed by atoms with E-state index in [-0.39, 0.29) is 0 Å². The summed E-state index contributed by atoms with van der Waals surface area (Å²) >= 11 is 0. The third-order valence-corrected chi connectivity index (χ3v) is 2.67. The van der Waals surface area contributed by atoms with E-state index in [1.165, 1.54) is 25.8 Å². The molecule has 0 amide bonds. The molecule has 1 rings (SSSR count). The molecule has 0 spiro atoms. The summed E-state index contributed by atoms with van der Waals surface area (Å²) in [5.41, 5.74) is 5.43. The second kappa shape index (κ2) is 6.35. The van der Waals surface area contributed by atoms with Crippen molar-refractivity contribution < 1.29 is 0 Å². The van der Waals surface area contributed by atoms with Crippen LogP contribution in [0.3, 0.4) is 0 Å². The number of nitrogens with two attached hydrogens (primary N) is 1. The Labute approximate surface area is 81.5 Å². The van der Waals surface area contributed by atoms with Crippen LogP contribution in [0.1, 0.15) is 32.6 Å². The molecule has 3 nitrogen and oxygen atoms in total. The molecule has 2 atom stereocenters. The molecule has 0 bridgehead atoms. The lowest BCUT2D eigenvalue weighted by atomic mass is 10.1. The monoisotopic (exact) mass is 185 g/mol. The van der Waals surface area contributed by atoms with Gasteiger partial charge in [-0.05, 0) is 52.2 Å². The van der Waals surface area contributed by atoms with Gasteiger partial charge in [0.05, 0.1) is 0 Å². The number of nitrogens with one attached hydrogen (secondary N) is 2. The third-order valence-electron chi connectivity index (χ3n) is 2.67. The fraction of sp³-hybridized carbons (Fsp3) is 1.00. The van der Waals surface area contributed by atoms with E-state index in [1.807, 2.05) is 0 Å². The molecule has 78 valence electrons. The van der Waals surface area contributed by atoms with E-state index >= 15 is 0 Å². The van der Waals surface area contributed by atoms with Crippen LogP contribution in [0.4, 0.5) is 0 Å². The molecule has 0 radical (unpaired) electrons. The minimum Gasteiger partial charge on any atom is -0.330 e. The van der Waals surface area contributed by atoms with Gasteiger partial charge in [-0.25, -0.2) is 0 Å². The molecule has 0 saturated carbocycles. The Morgan fingerprint density at radius 3 is 3.08 bits per heavy atom. The molecular weight excluding hydrogens is 162 g/mol. The van der Waals surface area contributed by atoms with Gasteiger partial charge in [-0.2, -0.15) is 0 Å². The zero-order valence-corrected chi connectivity index (χ0v) is 8.68. The third kappa shape index (κ3) is 4.60. The predicted octanol–water partition coefficient (Wildman–Crippen LogP) is 0.455. The first-order valence-electron chi connectivity index (χ1n) is 5.49. The number of hydrogen-bond acceptors (Lipinski definition) is 3. The van der Waals surface area contributed by atoms with Crippen molar-refractivity contribution >= 4 is 0 Å². The lowest BCUT2D eigenvalue weighted by Gasteiger charge is -2.17. The Balaban J connectivity index is 1.99. The summed E-state index contributed by atoms with van der Waals surface area (Å²) < 4.78 is 0. The van der Waals surface area contributed by atoms with Gasteiger partial charge in [-0.1, -0.05) is 0 Å². The first-order chi connectivity index (χ1) is 6.33. The smallest absolute Gasteiger partial charge is 0.00822 e. The zero-order chi connectivity index (χ0) is 9.52. The van der Waals surface area contributed by atoms with E-state index in [4.69, 9.17) is 5.73 Å². The summed E-state index contributed by atoms with van der Waals surface area (Å²) in [6.45, 7) is 5.32. The van der Waals surface area contributed by atoms with Crippen LogP contribution < -0.4 is 16.4 Å². The highest BCUT2D eigenvalue weighted by Gasteiger charge is 2.16. The van der Waals surface area contributed by atoms with Gasteiger partial charge in [0.15, 0.2) is 0 Å². The topological polar surface area (TPSA) is 50.1 Å². The molecule has 1 aliphatic heterocycles. The molecule has 0 aromatic heterocycles. The maximum absolute atomic E-state index is 5.43. The van der Waals surface area contributed by atoms with Crippen molar-refractivity contribution in [1.82, 2.24) is 10.6 Å². The van der Waals surface area contributed by atoms with Crippen molar-refractivity contribution in [2.45, 2.75) is 44.7 Å². The van der Waals surface area contributed by atoms with Gasteiger partial charge in [-0.3, -0.25) is 0 Å². The first-order valence-corrected chi connectivity index (χ1v) is 5.49. The molecule has 1 aliphatic rings. The van der Waals surface area contributed by atoms with Crippen LogP contribution in [-0.2, 0) is 0 Å². The fourth-order valence-electron chi connectivity index (χ4n) is 1.92. The molecule has 13 heavy (non-hydrogen) atoms.